The second-order valence-electron chi connectivity index (χ2n) is 5.14. The van der Waals surface area contributed by atoms with Gasteiger partial charge < -0.3 is 9.84 Å². The van der Waals surface area contributed by atoms with Crippen LogP contribution in [0.3, 0.4) is 0 Å². The Balaban J connectivity index is 2.01. The van der Waals surface area contributed by atoms with Crippen molar-refractivity contribution in [2.24, 2.45) is 0 Å². The van der Waals surface area contributed by atoms with E-state index in [0.29, 0.717) is 5.69 Å². The summed E-state index contributed by atoms with van der Waals surface area (Å²) in [6, 6.07) is 8.70. The number of thiazole rings is 1. The quantitative estimate of drug-likeness (QED) is 0.599. The fourth-order valence-electron chi connectivity index (χ4n) is 2.28. The largest absolute Gasteiger partial charge is 0.495 e. The minimum Gasteiger partial charge on any atom is -0.495 e. The normalized spacial score (nSPS) is 11.5. The highest BCUT2D eigenvalue weighted by Crippen LogP contribution is 2.32. The van der Waals surface area contributed by atoms with Crippen LogP contribution < -0.4 is 9.46 Å². The second-order valence-corrected chi connectivity index (χ2v) is 8.88. The zero-order valence-corrected chi connectivity index (χ0v) is 16.2. The highest BCUT2D eigenvalue weighted by atomic mass is 32.2. The van der Waals surface area contributed by atoms with Gasteiger partial charge in [-0.1, -0.05) is 11.8 Å². The number of hydrogen-bond donors (Lipinski definition) is 2. The van der Waals surface area contributed by atoms with Crippen LogP contribution in [0.15, 0.2) is 45.6 Å². The van der Waals surface area contributed by atoms with E-state index in [0.717, 1.165) is 20.6 Å². The van der Waals surface area contributed by atoms with Gasteiger partial charge in [0.15, 0.2) is 4.34 Å². The number of carboxylic acid groups (broad SMARTS) is 1. The van der Waals surface area contributed by atoms with E-state index in [9.17, 15) is 13.2 Å². The molecule has 1 aromatic heterocycles. The lowest BCUT2D eigenvalue weighted by Crippen LogP contribution is -2.15. The smallest absolute Gasteiger partial charge is 0.335 e. The van der Waals surface area contributed by atoms with Gasteiger partial charge in [-0.2, -0.15) is 0 Å². The predicted octanol–water partition coefficient (Wildman–Crippen LogP) is 3.53. The number of nitrogens with one attached hydrogen (secondary N) is 1. The van der Waals surface area contributed by atoms with Gasteiger partial charge in [0.25, 0.3) is 10.0 Å². The number of carboxylic acids is 1. The highest BCUT2D eigenvalue weighted by Gasteiger charge is 2.22. The molecule has 0 saturated heterocycles. The lowest BCUT2D eigenvalue weighted by molar-refractivity contribution is 0.0696. The first-order chi connectivity index (χ1) is 12.3. The summed E-state index contributed by atoms with van der Waals surface area (Å²) in [6.45, 7) is 0. The van der Waals surface area contributed by atoms with Crippen LogP contribution in [0.25, 0.3) is 10.2 Å². The molecule has 7 nitrogen and oxygen atoms in total. The Morgan fingerprint density at radius 2 is 2.04 bits per heavy atom. The van der Waals surface area contributed by atoms with Crippen LogP contribution >= 0.6 is 23.1 Å². The molecule has 0 bridgehead atoms. The van der Waals surface area contributed by atoms with Gasteiger partial charge in [-0.15, -0.1) is 11.3 Å². The number of benzene rings is 2. The number of thioether (sulfide) groups is 1. The number of aromatic carboxylic acids is 1. The first-order valence-corrected chi connectivity index (χ1v) is 10.7. The number of sulfonamides is 1. The molecular formula is C16H14N2O5S3. The van der Waals surface area contributed by atoms with Crippen molar-refractivity contribution in [2.45, 2.75) is 9.24 Å². The van der Waals surface area contributed by atoms with Crippen LogP contribution in [-0.4, -0.2) is 37.8 Å². The third-order valence-electron chi connectivity index (χ3n) is 3.50. The second kappa shape index (κ2) is 7.14. The van der Waals surface area contributed by atoms with Crippen molar-refractivity contribution < 1.29 is 23.1 Å². The molecule has 0 aliphatic carbocycles. The van der Waals surface area contributed by atoms with E-state index < -0.39 is 16.0 Å². The van der Waals surface area contributed by atoms with E-state index in [2.05, 4.69) is 9.71 Å². The molecule has 3 aromatic rings. The predicted molar refractivity (Wildman–Crippen MR) is 102 cm³/mol. The van der Waals surface area contributed by atoms with Crippen LogP contribution in [0.1, 0.15) is 10.4 Å². The SMILES string of the molecule is COc1ccc(C(=O)O)cc1S(=O)(=O)Nc1ccc2nc(SC)sc2c1. The number of rotatable bonds is 6. The molecule has 2 N–H and O–H groups in total. The Morgan fingerprint density at radius 3 is 2.69 bits per heavy atom. The van der Waals surface area contributed by atoms with Crippen molar-refractivity contribution in [3.63, 3.8) is 0 Å². The Kier molecular flexibility index (Phi) is 5.08. The third-order valence-corrected chi connectivity index (χ3v) is 6.90. The van der Waals surface area contributed by atoms with E-state index in [1.807, 2.05) is 6.26 Å². The van der Waals surface area contributed by atoms with E-state index in [1.54, 1.807) is 18.2 Å². The van der Waals surface area contributed by atoms with E-state index in [1.165, 1.54) is 42.3 Å². The molecule has 0 aliphatic rings. The molecule has 10 heteroatoms. The Labute approximate surface area is 158 Å². The Hall–Kier alpha value is -2.30. The zero-order valence-electron chi connectivity index (χ0n) is 13.7. The fraction of sp³-hybridized carbons (Fsp3) is 0.125. The van der Waals surface area contributed by atoms with Gasteiger partial charge in [0, 0.05) is 0 Å². The zero-order chi connectivity index (χ0) is 18.9. The van der Waals surface area contributed by atoms with Crippen LogP contribution in [0.2, 0.25) is 0 Å². The maximum absolute atomic E-state index is 12.8. The maximum Gasteiger partial charge on any atom is 0.335 e. The molecule has 2 aromatic carbocycles. The number of anilines is 1. The van der Waals surface area contributed by atoms with E-state index in [-0.39, 0.29) is 16.2 Å². The van der Waals surface area contributed by atoms with Gasteiger partial charge in [0.1, 0.15) is 10.6 Å². The molecule has 0 atom stereocenters. The molecule has 0 amide bonds. The lowest BCUT2D eigenvalue weighted by atomic mass is 10.2. The van der Waals surface area contributed by atoms with Crippen molar-refractivity contribution in [3.8, 4) is 5.75 Å². The minimum atomic E-state index is -4.04. The van der Waals surface area contributed by atoms with Gasteiger partial charge in [0.2, 0.25) is 0 Å². The summed E-state index contributed by atoms with van der Waals surface area (Å²) in [6.07, 6.45) is 1.92. The summed E-state index contributed by atoms with van der Waals surface area (Å²) in [5.41, 5.74) is 0.998. The number of carbonyl (C=O) groups is 1. The topological polar surface area (TPSA) is 106 Å². The average molecular weight is 410 g/mol. The average Bonchev–Trinajstić information content (AvgIpc) is 3.03. The van der Waals surface area contributed by atoms with Crippen LogP contribution in [0, 0.1) is 0 Å². The number of fused-ring (bicyclic) bond motifs is 1. The lowest BCUT2D eigenvalue weighted by Gasteiger charge is -2.12. The number of hydrogen-bond acceptors (Lipinski definition) is 7. The van der Waals surface area contributed by atoms with Crippen LogP contribution in [0.5, 0.6) is 5.75 Å². The molecule has 1 heterocycles. The number of methoxy groups -OCH3 is 1. The standard InChI is InChI=1S/C16H14N2O5S3/c1-23-12-6-3-9(15(19)20)7-14(12)26(21,22)18-10-4-5-11-13(8-10)25-16(17-11)24-2/h3-8,18H,1-2H3,(H,19,20). The van der Waals surface area contributed by atoms with Crippen molar-refractivity contribution in [1.82, 2.24) is 4.98 Å². The monoisotopic (exact) mass is 410 g/mol. The number of aromatic nitrogens is 1. The summed E-state index contributed by atoms with van der Waals surface area (Å²) < 4.78 is 34.8. The minimum absolute atomic E-state index is 0.0611. The molecule has 0 unspecified atom stereocenters. The summed E-state index contributed by atoms with van der Waals surface area (Å²) in [7, 11) is -2.72. The van der Waals surface area contributed by atoms with Crippen molar-refractivity contribution in [2.75, 3.05) is 18.1 Å². The summed E-state index contributed by atoms with van der Waals surface area (Å²) >= 11 is 2.98. The first-order valence-electron chi connectivity index (χ1n) is 7.23. The van der Waals surface area contributed by atoms with Crippen molar-refractivity contribution in [1.29, 1.82) is 0 Å². The van der Waals surface area contributed by atoms with Gasteiger partial charge in [-0.3, -0.25) is 4.72 Å². The molecule has 0 spiro atoms. The van der Waals surface area contributed by atoms with Crippen molar-refractivity contribution in [3.05, 3.63) is 42.0 Å². The summed E-state index contributed by atoms with van der Waals surface area (Å²) in [5.74, 6) is -1.16. The van der Waals surface area contributed by atoms with E-state index in [4.69, 9.17) is 9.84 Å². The van der Waals surface area contributed by atoms with Gasteiger partial charge in [0.05, 0.1) is 28.6 Å². The number of ether oxygens (including phenoxy) is 1. The first kappa shape index (κ1) is 18.5. The van der Waals surface area contributed by atoms with Crippen LogP contribution in [0.4, 0.5) is 5.69 Å². The molecule has 26 heavy (non-hydrogen) atoms. The summed E-state index contributed by atoms with van der Waals surface area (Å²) in [4.78, 5) is 15.3. The molecule has 136 valence electrons. The molecule has 0 aliphatic heterocycles. The molecule has 0 radical (unpaired) electrons. The number of nitrogens with zero attached hydrogens (tertiary/aromatic N) is 1. The third kappa shape index (κ3) is 3.62. The fourth-order valence-corrected chi connectivity index (χ4v) is 5.06. The van der Waals surface area contributed by atoms with Crippen LogP contribution in [-0.2, 0) is 10.0 Å². The molecular weight excluding hydrogens is 396 g/mol. The van der Waals surface area contributed by atoms with Gasteiger partial charge in [-0.25, -0.2) is 18.2 Å². The van der Waals surface area contributed by atoms with E-state index >= 15 is 0 Å². The van der Waals surface area contributed by atoms with Crippen molar-refractivity contribution >= 4 is 55.0 Å². The Bertz CT molecular complexity index is 1090. The Morgan fingerprint density at radius 1 is 1.27 bits per heavy atom. The molecule has 0 saturated carbocycles. The van der Waals surface area contributed by atoms with Gasteiger partial charge >= 0.3 is 5.97 Å². The molecule has 3 rings (SSSR count). The summed E-state index contributed by atoms with van der Waals surface area (Å²) in [5, 5.41) is 9.11. The van der Waals surface area contributed by atoms with Gasteiger partial charge in [-0.05, 0) is 42.7 Å². The molecule has 0 fully saturated rings. The maximum atomic E-state index is 12.8. The highest BCUT2D eigenvalue weighted by molar-refractivity contribution is 8.00.